The first-order chi connectivity index (χ1) is 16.1. The third-order valence-corrected chi connectivity index (χ3v) is 4.60. The Morgan fingerprint density at radius 3 is 2.21 bits per heavy atom. The van der Waals surface area contributed by atoms with E-state index < -0.39 is 0 Å². The summed E-state index contributed by atoms with van der Waals surface area (Å²) in [5.74, 6) is -0.355. The van der Waals surface area contributed by atoms with Gasteiger partial charge in [-0.3, -0.25) is 9.59 Å². The lowest BCUT2D eigenvalue weighted by atomic mass is 10.1. The highest BCUT2D eigenvalue weighted by Gasteiger charge is 2.08. The number of carbonyl (C=O) groups excluding carboxylic acids is 2. The minimum absolute atomic E-state index is 0.121. The molecule has 33 heavy (non-hydrogen) atoms. The number of nitrogens with zero attached hydrogens (tertiary/aromatic N) is 1. The number of hydrogen-bond acceptors (Lipinski definition) is 7. The van der Waals surface area contributed by atoms with E-state index in [9.17, 15) is 9.59 Å². The first-order valence-electron chi connectivity index (χ1n) is 11.7. The van der Waals surface area contributed by atoms with Crippen LogP contribution in [0.5, 0.6) is 0 Å². The number of anilines is 1. The van der Waals surface area contributed by atoms with Crippen LogP contribution in [0, 0.1) is 0 Å². The first kappa shape index (κ1) is 28.5. The molecule has 0 aliphatic heterocycles. The zero-order valence-corrected chi connectivity index (χ0v) is 20.3. The van der Waals surface area contributed by atoms with Gasteiger partial charge in [0.2, 0.25) is 11.8 Å². The number of ether oxygens (including phenoxy) is 3. The Kier molecular flexibility index (Phi) is 16.5. The Bertz CT molecular complexity index is 712. The molecule has 1 rings (SSSR count). The molecule has 2 amide bonds. The second-order valence-corrected chi connectivity index (χ2v) is 7.44. The van der Waals surface area contributed by atoms with Crippen molar-refractivity contribution in [1.82, 2.24) is 10.7 Å². The summed E-state index contributed by atoms with van der Waals surface area (Å²) in [5, 5.41) is 9.76. The molecule has 0 aromatic heterocycles. The van der Waals surface area contributed by atoms with Crippen molar-refractivity contribution < 1.29 is 23.8 Å². The zero-order chi connectivity index (χ0) is 24.2. The van der Waals surface area contributed by atoms with Crippen LogP contribution in [-0.2, 0) is 23.8 Å². The van der Waals surface area contributed by atoms with Gasteiger partial charge in [-0.25, -0.2) is 0 Å². The predicted octanol–water partition coefficient (Wildman–Crippen LogP) is 2.70. The van der Waals surface area contributed by atoms with Crippen LogP contribution < -0.4 is 16.1 Å². The number of hydrazone groups is 1. The van der Waals surface area contributed by atoms with E-state index in [1.54, 1.807) is 13.1 Å². The number of rotatable bonds is 19. The van der Waals surface area contributed by atoms with Crippen molar-refractivity contribution in [3.63, 3.8) is 0 Å². The number of carbonyl (C=O) groups is 2. The van der Waals surface area contributed by atoms with Crippen molar-refractivity contribution >= 4 is 23.2 Å². The highest BCUT2D eigenvalue weighted by molar-refractivity contribution is 6.00. The van der Waals surface area contributed by atoms with Crippen molar-refractivity contribution in [1.29, 1.82) is 0 Å². The minimum atomic E-state index is -0.204. The quantitative estimate of drug-likeness (QED) is 0.165. The third kappa shape index (κ3) is 15.1. The predicted molar refractivity (Wildman–Crippen MR) is 131 cm³/mol. The van der Waals surface area contributed by atoms with Gasteiger partial charge >= 0.3 is 0 Å². The fourth-order valence-electron chi connectivity index (χ4n) is 2.78. The maximum Gasteiger partial charge on any atom is 0.224 e. The van der Waals surface area contributed by atoms with Crippen LogP contribution in [0.25, 0.3) is 0 Å². The summed E-state index contributed by atoms with van der Waals surface area (Å²) in [6, 6.07) is 7.42. The molecule has 186 valence electrons. The number of benzene rings is 1. The van der Waals surface area contributed by atoms with Crippen molar-refractivity contribution in [2.24, 2.45) is 5.10 Å². The van der Waals surface area contributed by atoms with E-state index in [1.807, 2.05) is 25.1 Å². The van der Waals surface area contributed by atoms with Gasteiger partial charge < -0.3 is 30.3 Å². The molecule has 1 aromatic rings. The van der Waals surface area contributed by atoms with E-state index in [1.165, 1.54) is 0 Å². The Labute approximate surface area is 197 Å². The molecule has 0 unspecified atom stereocenters. The van der Waals surface area contributed by atoms with Crippen molar-refractivity contribution in [2.45, 2.75) is 46.0 Å². The molecular weight excluding hydrogens is 424 g/mol. The fourth-order valence-corrected chi connectivity index (χ4v) is 2.78. The molecule has 0 aliphatic rings. The van der Waals surface area contributed by atoms with Crippen LogP contribution in [-0.4, -0.2) is 70.8 Å². The molecule has 0 aliphatic carbocycles. The van der Waals surface area contributed by atoms with Crippen LogP contribution >= 0.6 is 0 Å². The lowest BCUT2D eigenvalue weighted by Crippen LogP contribution is -2.26. The molecule has 0 heterocycles. The molecule has 0 saturated carbocycles. The Morgan fingerprint density at radius 1 is 0.909 bits per heavy atom. The molecule has 1 aromatic carbocycles. The molecule has 9 heteroatoms. The maximum atomic E-state index is 12.1. The smallest absolute Gasteiger partial charge is 0.224 e. The lowest BCUT2D eigenvalue weighted by molar-refractivity contribution is -0.124. The molecule has 0 radical (unpaired) electrons. The normalized spacial score (nSPS) is 11.3. The van der Waals surface area contributed by atoms with Gasteiger partial charge in [0.15, 0.2) is 0 Å². The number of nitrogens with one attached hydrogen (secondary N) is 3. The SMILES string of the molecule is CCCCOCCOCCOCCCNC(=O)CCC(=O)Nc1cccc(/C(C)=N\NC)c1. The molecule has 0 spiro atoms. The molecule has 0 fully saturated rings. The number of amides is 2. The van der Waals surface area contributed by atoms with E-state index in [0.29, 0.717) is 51.7 Å². The van der Waals surface area contributed by atoms with Gasteiger partial charge in [0.25, 0.3) is 0 Å². The topological polar surface area (TPSA) is 110 Å². The van der Waals surface area contributed by atoms with Crippen LogP contribution in [0.3, 0.4) is 0 Å². The maximum absolute atomic E-state index is 12.1. The molecular formula is C24H40N4O5. The fraction of sp³-hybridized carbons (Fsp3) is 0.625. The van der Waals surface area contributed by atoms with E-state index in [0.717, 1.165) is 30.7 Å². The Hall–Kier alpha value is -2.49. The molecule has 0 saturated heterocycles. The van der Waals surface area contributed by atoms with Gasteiger partial charge in [-0.15, -0.1) is 0 Å². The standard InChI is InChI=1S/C24H40N4O5/c1-4-5-13-31-15-17-33-18-16-32-14-7-12-26-23(29)10-11-24(30)27-22-9-6-8-21(19-22)20(2)28-25-3/h6,8-9,19,25H,4-5,7,10-18H2,1-3H3,(H,26,29)(H,27,30)/b28-20-. The third-order valence-electron chi connectivity index (χ3n) is 4.60. The van der Waals surface area contributed by atoms with Crippen LogP contribution in [0.15, 0.2) is 29.4 Å². The Morgan fingerprint density at radius 2 is 1.55 bits per heavy atom. The van der Waals surface area contributed by atoms with Crippen molar-refractivity contribution in [3.8, 4) is 0 Å². The summed E-state index contributed by atoms with van der Waals surface area (Å²) in [6.07, 6.45) is 3.18. The van der Waals surface area contributed by atoms with Crippen molar-refractivity contribution in [3.05, 3.63) is 29.8 Å². The number of hydrogen-bond donors (Lipinski definition) is 3. The average Bonchev–Trinajstić information content (AvgIpc) is 2.81. The highest BCUT2D eigenvalue weighted by Crippen LogP contribution is 2.12. The van der Waals surface area contributed by atoms with E-state index in [-0.39, 0.29) is 24.7 Å². The average molecular weight is 465 g/mol. The summed E-state index contributed by atoms with van der Waals surface area (Å²) in [4.78, 5) is 24.1. The number of unbranched alkanes of at least 4 members (excludes halogenated alkanes) is 1. The van der Waals surface area contributed by atoms with Gasteiger partial charge in [-0.2, -0.15) is 5.10 Å². The highest BCUT2D eigenvalue weighted by atomic mass is 16.5. The second kappa shape index (κ2) is 19.0. The molecule has 0 atom stereocenters. The molecule has 3 N–H and O–H groups in total. The lowest BCUT2D eigenvalue weighted by Gasteiger charge is -2.09. The van der Waals surface area contributed by atoms with Crippen LogP contribution in [0.4, 0.5) is 5.69 Å². The van der Waals surface area contributed by atoms with Crippen LogP contribution in [0.1, 0.15) is 51.5 Å². The van der Waals surface area contributed by atoms with E-state index >= 15 is 0 Å². The largest absolute Gasteiger partial charge is 0.379 e. The molecule has 0 bridgehead atoms. The van der Waals surface area contributed by atoms with Gasteiger partial charge in [-0.1, -0.05) is 25.5 Å². The molecule has 9 nitrogen and oxygen atoms in total. The van der Waals surface area contributed by atoms with Crippen molar-refractivity contribution in [2.75, 3.05) is 58.6 Å². The van der Waals surface area contributed by atoms with Gasteiger partial charge in [-0.05, 0) is 37.5 Å². The zero-order valence-electron chi connectivity index (χ0n) is 20.3. The van der Waals surface area contributed by atoms with Gasteiger partial charge in [0.05, 0.1) is 32.1 Å². The first-order valence-corrected chi connectivity index (χ1v) is 11.7. The monoisotopic (exact) mass is 464 g/mol. The van der Waals surface area contributed by atoms with E-state index in [4.69, 9.17) is 14.2 Å². The van der Waals surface area contributed by atoms with Crippen LogP contribution in [0.2, 0.25) is 0 Å². The summed E-state index contributed by atoms with van der Waals surface area (Å²) in [5.41, 5.74) is 5.14. The second-order valence-electron chi connectivity index (χ2n) is 7.44. The minimum Gasteiger partial charge on any atom is -0.379 e. The van der Waals surface area contributed by atoms with Gasteiger partial charge in [0.1, 0.15) is 0 Å². The summed E-state index contributed by atoms with van der Waals surface area (Å²) in [6.45, 7) is 8.09. The summed E-state index contributed by atoms with van der Waals surface area (Å²) < 4.78 is 16.3. The van der Waals surface area contributed by atoms with Gasteiger partial charge in [0, 0.05) is 45.3 Å². The summed E-state index contributed by atoms with van der Waals surface area (Å²) in [7, 11) is 1.73. The van der Waals surface area contributed by atoms with E-state index in [2.05, 4.69) is 28.1 Å². The Balaban J connectivity index is 2.04. The summed E-state index contributed by atoms with van der Waals surface area (Å²) >= 11 is 0.